The molecule has 1 aliphatic carbocycles. The van der Waals surface area contributed by atoms with E-state index >= 15 is 0 Å². The van der Waals surface area contributed by atoms with Crippen molar-refractivity contribution in [2.24, 2.45) is 5.92 Å². The summed E-state index contributed by atoms with van der Waals surface area (Å²) in [6.45, 7) is 3.06. The van der Waals surface area contributed by atoms with Crippen LogP contribution in [0.1, 0.15) is 57.8 Å². The minimum atomic E-state index is -3.18. The average Bonchev–Trinajstić information content (AvgIpc) is 2.91. The first-order valence-electron chi connectivity index (χ1n) is 9.79. The van der Waals surface area contributed by atoms with Crippen LogP contribution in [0.2, 0.25) is 0 Å². The Hall–Kier alpha value is -0.660. The van der Waals surface area contributed by atoms with Crippen molar-refractivity contribution in [1.29, 1.82) is 0 Å². The fourth-order valence-corrected chi connectivity index (χ4v) is 5.87. The number of hydrogen-bond donors (Lipinski definition) is 0. The molecule has 0 N–H and O–H groups in total. The quantitative estimate of drug-likeness (QED) is 0.715. The Morgan fingerprint density at radius 3 is 2.40 bits per heavy atom. The third-order valence-electron chi connectivity index (χ3n) is 6.02. The molecule has 2 saturated heterocycles. The molecule has 144 valence electrons. The molecule has 3 aliphatic rings. The van der Waals surface area contributed by atoms with Crippen molar-refractivity contribution in [3.8, 4) is 0 Å². The summed E-state index contributed by atoms with van der Waals surface area (Å²) in [4.78, 5) is 14.5. The Balaban J connectivity index is 1.53. The second-order valence-electron chi connectivity index (χ2n) is 7.91. The van der Waals surface area contributed by atoms with Crippen LogP contribution < -0.4 is 0 Å². The van der Waals surface area contributed by atoms with Gasteiger partial charge in [-0.2, -0.15) is 4.31 Å². The maximum Gasteiger partial charge on any atom is 0.222 e. The molecule has 1 saturated carbocycles. The highest BCUT2D eigenvalue weighted by Gasteiger charge is 2.37. The molecule has 2 aliphatic heterocycles. The van der Waals surface area contributed by atoms with Crippen molar-refractivity contribution in [2.75, 3.05) is 32.6 Å². The maximum atomic E-state index is 12.5. The number of rotatable bonds is 6. The van der Waals surface area contributed by atoms with Gasteiger partial charge in [0.25, 0.3) is 0 Å². The van der Waals surface area contributed by atoms with Gasteiger partial charge < -0.3 is 9.64 Å². The third kappa shape index (κ3) is 4.95. The lowest BCUT2D eigenvalue weighted by molar-refractivity contribution is -0.131. The Kier molecular flexibility index (Phi) is 6.39. The monoisotopic (exact) mass is 372 g/mol. The summed E-state index contributed by atoms with van der Waals surface area (Å²) < 4.78 is 31.7. The summed E-state index contributed by atoms with van der Waals surface area (Å²) in [5.74, 6) is 0.755. The van der Waals surface area contributed by atoms with Gasteiger partial charge in [0.1, 0.15) is 0 Å². The molecule has 2 heterocycles. The van der Waals surface area contributed by atoms with Gasteiger partial charge in [0, 0.05) is 44.8 Å². The summed E-state index contributed by atoms with van der Waals surface area (Å²) in [7, 11) is -3.18. The molecule has 0 spiro atoms. The zero-order chi connectivity index (χ0) is 17.9. The van der Waals surface area contributed by atoms with E-state index in [1.165, 1.54) is 6.26 Å². The van der Waals surface area contributed by atoms with Gasteiger partial charge in [-0.3, -0.25) is 4.79 Å². The second-order valence-corrected chi connectivity index (χ2v) is 9.80. The van der Waals surface area contributed by atoms with Crippen LogP contribution in [-0.4, -0.2) is 68.2 Å². The molecular weight excluding hydrogens is 340 g/mol. The van der Waals surface area contributed by atoms with Crippen LogP contribution >= 0.6 is 0 Å². The first-order chi connectivity index (χ1) is 11.9. The molecule has 0 unspecified atom stereocenters. The largest absolute Gasteiger partial charge is 0.381 e. The number of ether oxygens (including phenoxy) is 1. The molecule has 1 amide bonds. The minimum Gasteiger partial charge on any atom is -0.381 e. The molecule has 0 aromatic heterocycles. The number of hydrogen-bond acceptors (Lipinski definition) is 4. The van der Waals surface area contributed by atoms with Crippen molar-refractivity contribution < 1.29 is 17.9 Å². The van der Waals surface area contributed by atoms with Crippen LogP contribution in [0.4, 0.5) is 0 Å². The Bertz CT molecular complexity index is 555. The number of sulfonamides is 1. The standard InChI is InChI=1S/C18H32N2O4S/c1-25(22,23)20(16-4-2-5-16)17-6-3-11-19(12-9-17)18(21)8-7-15-10-13-24-14-15/h15-17H,2-14H2,1H3/t15-,17-/m0/s1. The van der Waals surface area contributed by atoms with Gasteiger partial charge in [0.05, 0.1) is 6.26 Å². The molecule has 3 fully saturated rings. The lowest BCUT2D eigenvalue weighted by atomic mass is 9.91. The number of carbonyl (C=O) groups excluding carboxylic acids is 1. The van der Waals surface area contributed by atoms with Gasteiger partial charge in [-0.25, -0.2) is 8.42 Å². The van der Waals surface area contributed by atoms with Crippen LogP contribution in [0.25, 0.3) is 0 Å². The molecular formula is C18H32N2O4S. The number of amides is 1. The SMILES string of the molecule is CS(=O)(=O)N(C1CCC1)[C@H]1CCCN(C(=O)CC[C@H]2CCOC2)CC1. The van der Waals surface area contributed by atoms with E-state index in [-0.39, 0.29) is 18.0 Å². The van der Waals surface area contributed by atoms with Crippen molar-refractivity contribution in [2.45, 2.75) is 69.9 Å². The molecule has 7 heteroatoms. The predicted octanol–water partition coefficient (Wildman–Crippen LogP) is 2.00. The van der Waals surface area contributed by atoms with Crippen LogP contribution in [0.3, 0.4) is 0 Å². The predicted molar refractivity (Wildman–Crippen MR) is 96.7 cm³/mol. The molecule has 25 heavy (non-hydrogen) atoms. The van der Waals surface area contributed by atoms with Crippen LogP contribution in [0.15, 0.2) is 0 Å². The summed E-state index contributed by atoms with van der Waals surface area (Å²) in [6, 6.07) is 0.242. The minimum absolute atomic E-state index is 0.0568. The van der Waals surface area contributed by atoms with Gasteiger partial charge >= 0.3 is 0 Å². The molecule has 0 aromatic carbocycles. The fourth-order valence-electron chi connectivity index (χ4n) is 4.36. The molecule has 3 rings (SSSR count). The van der Waals surface area contributed by atoms with E-state index in [9.17, 15) is 13.2 Å². The van der Waals surface area contributed by atoms with Crippen LogP contribution in [-0.2, 0) is 19.6 Å². The molecule has 0 bridgehead atoms. The smallest absolute Gasteiger partial charge is 0.222 e. The van der Waals surface area contributed by atoms with Crippen molar-refractivity contribution >= 4 is 15.9 Å². The van der Waals surface area contributed by atoms with Crippen molar-refractivity contribution in [3.63, 3.8) is 0 Å². The number of carbonyl (C=O) groups is 1. The van der Waals surface area contributed by atoms with E-state index in [0.29, 0.717) is 18.9 Å². The average molecular weight is 373 g/mol. The first-order valence-corrected chi connectivity index (χ1v) is 11.6. The summed E-state index contributed by atoms with van der Waals surface area (Å²) in [6.07, 6.45) is 9.52. The van der Waals surface area contributed by atoms with E-state index in [4.69, 9.17) is 4.74 Å². The van der Waals surface area contributed by atoms with E-state index in [2.05, 4.69) is 0 Å². The lowest BCUT2D eigenvalue weighted by Crippen LogP contribution is -2.50. The van der Waals surface area contributed by atoms with E-state index < -0.39 is 10.0 Å². The molecule has 6 nitrogen and oxygen atoms in total. The molecule has 0 radical (unpaired) electrons. The van der Waals surface area contributed by atoms with Gasteiger partial charge in [-0.05, 0) is 50.9 Å². The molecule has 2 atom stereocenters. The van der Waals surface area contributed by atoms with Gasteiger partial charge in [0.2, 0.25) is 15.9 Å². The van der Waals surface area contributed by atoms with Gasteiger partial charge in [0.15, 0.2) is 0 Å². The Morgan fingerprint density at radius 2 is 1.80 bits per heavy atom. The summed E-state index contributed by atoms with van der Waals surface area (Å²) >= 11 is 0. The first kappa shape index (κ1) is 19.1. The van der Waals surface area contributed by atoms with Crippen LogP contribution in [0, 0.1) is 5.92 Å². The number of likely N-dealkylation sites (tertiary alicyclic amines) is 1. The molecule has 0 aromatic rings. The van der Waals surface area contributed by atoms with E-state index in [1.807, 2.05) is 4.90 Å². The van der Waals surface area contributed by atoms with Crippen molar-refractivity contribution in [1.82, 2.24) is 9.21 Å². The second kappa shape index (κ2) is 8.35. The van der Waals surface area contributed by atoms with Crippen molar-refractivity contribution in [3.05, 3.63) is 0 Å². The Labute approximate surface area is 151 Å². The van der Waals surface area contributed by atoms with Gasteiger partial charge in [-0.15, -0.1) is 0 Å². The zero-order valence-electron chi connectivity index (χ0n) is 15.4. The highest BCUT2D eigenvalue weighted by atomic mass is 32.2. The Morgan fingerprint density at radius 1 is 1.08 bits per heavy atom. The van der Waals surface area contributed by atoms with E-state index in [1.54, 1.807) is 4.31 Å². The zero-order valence-corrected chi connectivity index (χ0v) is 16.2. The highest BCUT2D eigenvalue weighted by molar-refractivity contribution is 7.88. The summed E-state index contributed by atoms with van der Waals surface area (Å²) in [5, 5.41) is 0. The third-order valence-corrected chi connectivity index (χ3v) is 7.38. The topological polar surface area (TPSA) is 66.9 Å². The maximum absolute atomic E-state index is 12.5. The fraction of sp³-hybridized carbons (Fsp3) is 0.944. The van der Waals surface area contributed by atoms with Crippen LogP contribution in [0.5, 0.6) is 0 Å². The lowest BCUT2D eigenvalue weighted by Gasteiger charge is -2.40. The van der Waals surface area contributed by atoms with E-state index in [0.717, 1.165) is 71.1 Å². The summed E-state index contributed by atoms with van der Waals surface area (Å²) in [5.41, 5.74) is 0. The normalized spacial score (nSPS) is 28.8. The highest BCUT2D eigenvalue weighted by Crippen LogP contribution is 2.32. The van der Waals surface area contributed by atoms with Gasteiger partial charge in [-0.1, -0.05) is 6.42 Å². The number of nitrogens with zero attached hydrogens (tertiary/aromatic N) is 2.